The molecule has 0 aromatic rings. The Morgan fingerprint density at radius 1 is 1.21 bits per heavy atom. The van der Waals surface area contributed by atoms with Crippen LogP contribution in [0.15, 0.2) is 0 Å². The summed E-state index contributed by atoms with van der Waals surface area (Å²) in [6.45, 7) is 3.99. The lowest BCUT2D eigenvalue weighted by molar-refractivity contribution is -0.165. The van der Waals surface area contributed by atoms with E-state index in [-0.39, 0.29) is 12.1 Å². The molecular weight excluding hydrogens is 268 g/mol. The Morgan fingerprint density at radius 2 is 1.79 bits per heavy atom. The minimum Gasteiger partial charge on any atom is -0.467 e. The lowest BCUT2D eigenvalue weighted by Crippen LogP contribution is -2.36. The number of ether oxygens (including phenoxy) is 2. The van der Waals surface area contributed by atoms with Gasteiger partial charge in [0.2, 0.25) is 0 Å². The van der Waals surface area contributed by atoms with Crippen LogP contribution in [0, 0.1) is 0 Å². The van der Waals surface area contributed by atoms with Crippen molar-refractivity contribution >= 4 is 17.6 Å². The van der Waals surface area contributed by atoms with E-state index in [0.29, 0.717) is 12.5 Å². The summed E-state index contributed by atoms with van der Waals surface area (Å²) >= 11 is 5.51. The second-order valence-electron chi connectivity index (χ2n) is 5.21. The fraction of sp³-hybridized carbons (Fsp3) is 0.929. The SMILES string of the molecule is COC(=O)C(C)(C)OCCCCCCCC(O)CCl. The lowest BCUT2D eigenvalue weighted by Gasteiger charge is -2.22. The Bertz CT molecular complexity index is 244. The van der Waals surface area contributed by atoms with E-state index in [1.165, 1.54) is 7.11 Å². The summed E-state index contributed by atoms with van der Waals surface area (Å²) in [5.74, 6) is -0.0289. The molecule has 0 aliphatic carbocycles. The van der Waals surface area contributed by atoms with Gasteiger partial charge in [-0.25, -0.2) is 4.79 Å². The second-order valence-corrected chi connectivity index (χ2v) is 5.52. The third-order valence-corrected chi connectivity index (χ3v) is 3.36. The third kappa shape index (κ3) is 9.25. The molecule has 19 heavy (non-hydrogen) atoms. The van der Waals surface area contributed by atoms with Gasteiger partial charge in [0, 0.05) is 12.5 Å². The summed E-state index contributed by atoms with van der Waals surface area (Å²) in [5.41, 5.74) is -0.862. The zero-order valence-electron chi connectivity index (χ0n) is 12.3. The van der Waals surface area contributed by atoms with Crippen LogP contribution in [0.3, 0.4) is 0 Å². The van der Waals surface area contributed by atoms with Crippen molar-refractivity contribution < 1.29 is 19.4 Å². The van der Waals surface area contributed by atoms with Crippen molar-refractivity contribution in [3.05, 3.63) is 0 Å². The van der Waals surface area contributed by atoms with Gasteiger partial charge in [-0.2, -0.15) is 0 Å². The van der Waals surface area contributed by atoms with Crippen molar-refractivity contribution in [1.29, 1.82) is 0 Å². The van der Waals surface area contributed by atoms with Crippen LogP contribution in [-0.4, -0.2) is 42.4 Å². The van der Waals surface area contributed by atoms with E-state index >= 15 is 0 Å². The molecule has 4 nitrogen and oxygen atoms in total. The topological polar surface area (TPSA) is 55.8 Å². The number of halogens is 1. The van der Waals surface area contributed by atoms with Gasteiger partial charge in [0.05, 0.1) is 13.2 Å². The van der Waals surface area contributed by atoms with Crippen LogP contribution in [0.4, 0.5) is 0 Å². The largest absolute Gasteiger partial charge is 0.467 e. The molecule has 1 unspecified atom stereocenters. The Kier molecular flexibility index (Phi) is 10.3. The average molecular weight is 295 g/mol. The Hall–Kier alpha value is -0.320. The number of hydrogen-bond acceptors (Lipinski definition) is 4. The molecule has 0 aromatic heterocycles. The molecule has 0 saturated carbocycles. The summed E-state index contributed by atoms with van der Waals surface area (Å²) in [6.07, 6.45) is 5.60. The molecule has 0 fully saturated rings. The summed E-state index contributed by atoms with van der Waals surface area (Å²) < 4.78 is 10.2. The molecule has 114 valence electrons. The molecule has 0 aliphatic heterocycles. The molecule has 0 radical (unpaired) electrons. The molecule has 5 heteroatoms. The highest BCUT2D eigenvalue weighted by atomic mass is 35.5. The molecule has 1 atom stereocenters. The van der Waals surface area contributed by atoms with E-state index < -0.39 is 5.60 Å². The van der Waals surface area contributed by atoms with Crippen molar-refractivity contribution in [1.82, 2.24) is 0 Å². The van der Waals surface area contributed by atoms with Crippen LogP contribution < -0.4 is 0 Å². The monoisotopic (exact) mass is 294 g/mol. The second kappa shape index (κ2) is 10.5. The first kappa shape index (κ1) is 18.7. The number of carbonyl (C=O) groups excluding carboxylic acids is 1. The quantitative estimate of drug-likeness (QED) is 0.362. The van der Waals surface area contributed by atoms with Crippen molar-refractivity contribution in [3.8, 4) is 0 Å². The molecule has 0 aliphatic rings. The number of hydrogen-bond donors (Lipinski definition) is 1. The van der Waals surface area contributed by atoms with Gasteiger partial charge in [-0.1, -0.05) is 25.7 Å². The van der Waals surface area contributed by atoms with Gasteiger partial charge >= 0.3 is 5.97 Å². The number of aliphatic hydroxyl groups is 1. The van der Waals surface area contributed by atoms with Gasteiger partial charge in [-0.15, -0.1) is 11.6 Å². The maximum Gasteiger partial charge on any atom is 0.337 e. The summed E-state index contributed by atoms with van der Waals surface area (Å²) in [7, 11) is 1.36. The van der Waals surface area contributed by atoms with Crippen molar-refractivity contribution in [3.63, 3.8) is 0 Å². The average Bonchev–Trinajstić information content (AvgIpc) is 2.40. The molecule has 0 spiro atoms. The van der Waals surface area contributed by atoms with Gasteiger partial charge in [-0.3, -0.25) is 0 Å². The maximum absolute atomic E-state index is 11.3. The standard InChI is InChI=1S/C14H27ClO4/c1-14(2,13(17)18-3)19-10-8-6-4-5-7-9-12(16)11-15/h12,16H,4-11H2,1-3H3. The zero-order chi connectivity index (χ0) is 14.7. The number of methoxy groups -OCH3 is 1. The van der Waals surface area contributed by atoms with Crippen LogP contribution in [0.5, 0.6) is 0 Å². The molecule has 0 amide bonds. The first-order chi connectivity index (χ1) is 8.94. The zero-order valence-corrected chi connectivity index (χ0v) is 13.0. The summed E-state index contributed by atoms with van der Waals surface area (Å²) in [5, 5.41) is 9.27. The van der Waals surface area contributed by atoms with Gasteiger partial charge in [0.15, 0.2) is 5.60 Å². The third-order valence-electron chi connectivity index (χ3n) is 3.00. The van der Waals surface area contributed by atoms with Crippen LogP contribution in [0.2, 0.25) is 0 Å². The first-order valence-electron chi connectivity index (χ1n) is 6.90. The molecule has 1 N–H and O–H groups in total. The Balaban J connectivity index is 3.43. The van der Waals surface area contributed by atoms with E-state index in [0.717, 1.165) is 38.5 Å². The number of rotatable bonds is 11. The molecule has 0 rings (SSSR count). The number of unbranched alkanes of at least 4 members (excludes halogenated alkanes) is 4. The number of esters is 1. The summed E-state index contributed by atoms with van der Waals surface area (Å²) in [6, 6.07) is 0. The molecule has 0 bridgehead atoms. The van der Waals surface area contributed by atoms with E-state index in [4.69, 9.17) is 16.3 Å². The predicted molar refractivity (Wildman–Crippen MR) is 76.5 cm³/mol. The van der Waals surface area contributed by atoms with Crippen molar-refractivity contribution in [2.45, 2.75) is 64.1 Å². The molecule has 0 heterocycles. The van der Waals surface area contributed by atoms with Crippen LogP contribution in [0.1, 0.15) is 52.4 Å². The Labute approximate surface area is 121 Å². The predicted octanol–water partition coefficient (Wildman–Crippen LogP) is 2.89. The maximum atomic E-state index is 11.3. The van der Waals surface area contributed by atoms with Crippen LogP contribution in [0.25, 0.3) is 0 Å². The minimum atomic E-state index is -0.862. The summed E-state index contributed by atoms with van der Waals surface area (Å²) in [4.78, 5) is 11.3. The van der Waals surface area contributed by atoms with E-state index in [1.807, 2.05) is 0 Å². The van der Waals surface area contributed by atoms with Crippen molar-refractivity contribution in [2.75, 3.05) is 19.6 Å². The van der Waals surface area contributed by atoms with Crippen molar-refractivity contribution in [2.24, 2.45) is 0 Å². The highest BCUT2D eigenvalue weighted by Gasteiger charge is 2.29. The smallest absolute Gasteiger partial charge is 0.337 e. The molecule has 0 saturated heterocycles. The lowest BCUT2D eigenvalue weighted by atomic mass is 10.1. The number of aliphatic hydroxyl groups excluding tert-OH is 1. The minimum absolute atomic E-state index is 0.316. The first-order valence-corrected chi connectivity index (χ1v) is 7.44. The highest BCUT2D eigenvalue weighted by Crippen LogP contribution is 2.13. The highest BCUT2D eigenvalue weighted by molar-refractivity contribution is 6.18. The number of alkyl halides is 1. The normalized spacial score (nSPS) is 13.3. The van der Waals surface area contributed by atoms with E-state index in [1.54, 1.807) is 13.8 Å². The number of carbonyl (C=O) groups is 1. The molecular formula is C14H27ClO4. The van der Waals surface area contributed by atoms with Gasteiger partial charge in [0.25, 0.3) is 0 Å². The van der Waals surface area contributed by atoms with Crippen LogP contribution in [-0.2, 0) is 14.3 Å². The van der Waals surface area contributed by atoms with Gasteiger partial charge in [0.1, 0.15) is 0 Å². The van der Waals surface area contributed by atoms with Gasteiger partial charge in [-0.05, 0) is 26.7 Å². The van der Waals surface area contributed by atoms with Gasteiger partial charge < -0.3 is 14.6 Å². The van der Waals surface area contributed by atoms with E-state index in [9.17, 15) is 9.90 Å². The van der Waals surface area contributed by atoms with E-state index in [2.05, 4.69) is 4.74 Å². The van der Waals surface area contributed by atoms with Crippen LogP contribution >= 0.6 is 11.6 Å². The Morgan fingerprint density at radius 3 is 2.37 bits per heavy atom. The fourth-order valence-electron chi connectivity index (χ4n) is 1.72. The molecule has 0 aromatic carbocycles. The fourth-order valence-corrected chi connectivity index (χ4v) is 1.88.